The van der Waals surface area contributed by atoms with Crippen LogP contribution >= 0.6 is 0 Å². The average molecular weight is 451 g/mol. The Morgan fingerprint density at radius 2 is 1.73 bits per heavy atom. The molecular formula is C28H38N2O3. The van der Waals surface area contributed by atoms with Crippen molar-refractivity contribution in [2.24, 2.45) is 0 Å². The zero-order valence-electron chi connectivity index (χ0n) is 20.5. The lowest BCUT2D eigenvalue weighted by Crippen LogP contribution is -2.49. The first-order valence-corrected chi connectivity index (χ1v) is 12.2. The first-order valence-electron chi connectivity index (χ1n) is 12.2. The van der Waals surface area contributed by atoms with E-state index in [-0.39, 0.29) is 17.9 Å². The quantitative estimate of drug-likeness (QED) is 0.539. The number of hydrogen-bond donors (Lipinski definition) is 1. The Morgan fingerprint density at radius 3 is 2.36 bits per heavy atom. The SMILES string of the molecule is COc1cccc(CN(C(=O)CCc2ccc(C(C)C)cc2)[C@@H](C)C(=O)NC2CCCC2)c1. The molecule has 0 saturated heterocycles. The van der Waals surface area contributed by atoms with E-state index in [1.54, 1.807) is 12.0 Å². The monoisotopic (exact) mass is 450 g/mol. The summed E-state index contributed by atoms with van der Waals surface area (Å²) in [4.78, 5) is 28.1. The Labute approximate surface area is 198 Å². The van der Waals surface area contributed by atoms with Gasteiger partial charge in [-0.05, 0) is 60.9 Å². The Balaban J connectivity index is 1.71. The number of nitrogens with zero attached hydrogens (tertiary/aromatic N) is 1. The van der Waals surface area contributed by atoms with Gasteiger partial charge in [0.05, 0.1) is 7.11 Å². The molecule has 3 rings (SSSR count). The van der Waals surface area contributed by atoms with Crippen molar-refractivity contribution in [1.82, 2.24) is 10.2 Å². The van der Waals surface area contributed by atoms with Crippen LogP contribution in [0.15, 0.2) is 48.5 Å². The molecule has 1 aliphatic rings. The summed E-state index contributed by atoms with van der Waals surface area (Å²) in [6.45, 7) is 6.56. The van der Waals surface area contributed by atoms with Gasteiger partial charge in [0.1, 0.15) is 11.8 Å². The molecule has 0 heterocycles. The highest BCUT2D eigenvalue weighted by atomic mass is 16.5. The van der Waals surface area contributed by atoms with Gasteiger partial charge in [0.2, 0.25) is 11.8 Å². The van der Waals surface area contributed by atoms with E-state index in [1.165, 1.54) is 5.56 Å². The summed E-state index contributed by atoms with van der Waals surface area (Å²) in [5.74, 6) is 1.14. The molecule has 0 aliphatic heterocycles. The molecule has 5 heteroatoms. The molecule has 2 aromatic carbocycles. The van der Waals surface area contributed by atoms with Crippen molar-refractivity contribution in [2.75, 3.05) is 7.11 Å². The molecule has 178 valence electrons. The molecule has 1 atom stereocenters. The second-order valence-corrected chi connectivity index (χ2v) is 9.44. The van der Waals surface area contributed by atoms with Gasteiger partial charge in [-0.15, -0.1) is 0 Å². The van der Waals surface area contributed by atoms with Gasteiger partial charge in [0, 0.05) is 19.0 Å². The lowest BCUT2D eigenvalue weighted by atomic mass is 10.00. The third-order valence-corrected chi connectivity index (χ3v) is 6.63. The Kier molecular flexibility index (Phi) is 8.93. The summed E-state index contributed by atoms with van der Waals surface area (Å²) in [7, 11) is 1.63. The van der Waals surface area contributed by atoms with Crippen LogP contribution in [0, 0.1) is 0 Å². The standard InChI is InChI=1S/C28H38N2O3/c1-20(2)24-15-12-22(13-16-24)14-17-27(31)30(19-23-8-7-11-26(18-23)33-4)21(3)28(32)29-25-9-5-6-10-25/h7-8,11-13,15-16,18,20-21,25H,5-6,9-10,14,17,19H2,1-4H3,(H,29,32)/t21-/m0/s1. The van der Waals surface area contributed by atoms with Crippen LogP contribution in [0.5, 0.6) is 5.75 Å². The molecule has 0 aromatic heterocycles. The van der Waals surface area contributed by atoms with Crippen molar-refractivity contribution in [2.45, 2.75) is 83.8 Å². The van der Waals surface area contributed by atoms with Crippen LogP contribution in [0.25, 0.3) is 0 Å². The van der Waals surface area contributed by atoms with Crippen LogP contribution in [-0.4, -0.2) is 35.9 Å². The van der Waals surface area contributed by atoms with Crippen molar-refractivity contribution >= 4 is 11.8 Å². The van der Waals surface area contributed by atoms with Crippen molar-refractivity contribution in [3.05, 3.63) is 65.2 Å². The molecule has 5 nitrogen and oxygen atoms in total. The normalized spacial score (nSPS) is 14.8. The fraction of sp³-hybridized carbons (Fsp3) is 0.500. The fourth-order valence-electron chi connectivity index (χ4n) is 4.41. The van der Waals surface area contributed by atoms with Gasteiger partial charge in [0.25, 0.3) is 0 Å². The Bertz CT molecular complexity index is 917. The number of carbonyl (C=O) groups is 2. The number of benzene rings is 2. The molecule has 1 fully saturated rings. The predicted molar refractivity (Wildman–Crippen MR) is 132 cm³/mol. The predicted octanol–water partition coefficient (Wildman–Crippen LogP) is 5.23. The molecule has 0 spiro atoms. The van der Waals surface area contributed by atoms with Gasteiger partial charge >= 0.3 is 0 Å². The third kappa shape index (κ3) is 7.08. The van der Waals surface area contributed by atoms with Crippen LogP contribution in [0.1, 0.15) is 75.5 Å². The lowest BCUT2D eigenvalue weighted by molar-refractivity contribution is -0.140. The van der Waals surface area contributed by atoms with Crippen molar-refractivity contribution in [1.29, 1.82) is 0 Å². The van der Waals surface area contributed by atoms with E-state index in [4.69, 9.17) is 4.74 Å². The van der Waals surface area contributed by atoms with Crippen LogP contribution in [0.2, 0.25) is 0 Å². The van der Waals surface area contributed by atoms with Crippen molar-refractivity contribution in [3.63, 3.8) is 0 Å². The molecule has 2 amide bonds. The first-order chi connectivity index (χ1) is 15.9. The van der Waals surface area contributed by atoms with E-state index >= 15 is 0 Å². The molecule has 0 bridgehead atoms. The highest BCUT2D eigenvalue weighted by Gasteiger charge is 2.28. The smallest absolute Gasteiger partial charge is 0.242 e. The number of methoxy groups -OCH3 is 1. The maximum absolute atomic E-state index is 13.3. The van der Waals surface area contributed by atoms with E-state index in [9.17, 15) is 9.59 Å². The Morgan fingerprint density at radius 1 is 1.03 bits per heavy atom. The highest BCUT2D eigenvalue weighted by Crippen LogP contribution is 2.21. The Hall–Kier alpha value is -2.82. The van der Waals surface area contributed by atoms with Gasteiger partial charge in [-0.3, -0.25) is 9.59 Å². The maximum atomic E-state index is 13.3. The number of aryl methyl sites for hydroxylation is 1. The molecule has 1 aliphatic carbocycles. The molecule has 0 radical (unpaired) electrons. The molecular weight excluding hydrogens is 412 g/mol. The highest BCUT2D eigenvalue weighted by molar-refractivity contribution is 5.87. The topological polar surface area (TPSA) is 58.6 Å². The second kappa shape index (κ2) is 11.9. The second-order valence-electron chi connectivity index (χ2n) is 9.44. The zero-order valence-corrected chi connectivity index (χ0v) is 20.5. The van der Waals surface area contributed by atoms with E-state index in [1.807, 2.05) is 31.2 Å². The lowest BCUT2D eigenvalue weighted by Gasteiger charge is -2.30. The van der Waals surface area contributed by atoms with Gasteiger partial charge in [0.15, 0.2) is 0 Å². The fourth-order valence-corrected chi connectivity index (χ4v) is 4.41. The summed E-state index contributed by atoms with van der Waals surface area (Å²) in [5.41, 5.74) is 3.38. The summed E-state index contributed by atoms with van der Waals surface area (Å²) < 4.78 is 5.34. The average Bonchev–Trinajstić information content (AvgIpc) is 3.34. The summed E-state index contributed by atoms with van der Waals surface area (Å²) in [6, 6.07) is 15.9. The third-order valence-electron chi connectivity index (χ3n) is 6.63. The molecule has 0 unspecified atom stereocenters. The zero-order chi connectivity index (χ0) is 23.8. The number of rotatable bonds is 10. The molecule has 1 N–H and O–H groups in total. The minimum atomic E-state index is -0.535. The van der Waals surface area contributed by atoms with E-state index < -0.39 is 6.04 Å². The minimum absolute atomic E-state index is 0.0140. The van der Waals surface area contributed by atoms with Crippen LogP contribution in [-0.2, 0) is 22.6 Å². The van der Waals surface area contributed by atoms with E-state index in [0.717, 1.165) is 42.6 Å². The maximum Gasteiger partial charge on any atom is 0.242 e. The largest absolute Gasteiger partial charge is 0.497 e. The van der Waals surface area contributed by atoms with Crippen LogP contribution in [0.3, 0.4) is 0 Å². The van der Waals surface area contributed by atoms with Crippen molar-refractivity contribution in [3.8, 4) is 5.75 Å². The van der Waals surface area contributed by atoms with Gasteiger partial charge < -0.3 is 15.0 Å². The summed E-state index contributed by atoms with van der Waals surface area (Å²) >= 11 is 0. The van der Waals surface area contributed by atoms with Gasteiger partial charge in [-0.1, -0.05) is 63.1 Å². The van der Waals surface area contributed by atoms with Crippen molar-refractivity contribution < 1.29 is 14.3 Å². The van der Waals surface area contributed by atoms with E-state index in [2.05, 4.69) is 43.4 Å². The molecule has 2 aromatic rings. The number of carbonyl (C=O) groups excluding carboxylic acids is 2. The molecule has 1 saturated carbocycles. The van der Waals surface area contributed by atoms with Crippen LogP contribution < -0.4 is 10.1 Å². The number of ether oxygens (including phenoxy) is 1. The summed E-state index contributed by atoms with van der Waals surface area (Å²) in [5, 5.41) is 3.16. The number of hydrogen-bond acceptors (Lipinski definition) is 3. The van der Waals surface area contributed by atoms with Crippen LogP contribution in [0.4, 0.5) is 0 Å². The van der Waals surface area contributed by atoms with Gasteiger partial charge in [-0.25, -0.2) is 0 Å². The molecule has 33 heavy (non-hydrogen) atoms. The number of nitrogens with one attached hydrogen (secondary N) is 1. The van der Waals surface area contributed by atoms with E-state index in [0.29, 0.717) is 25.3 Å². The minimum Gasteiger partial charge on any atom is -0.497 e. The van der Waals surface area contributed by atoms with Gasteiger partial charge in [-0.2, -0.15) is 0 Å². The first kappa shape index (κ1) is 24.8. The summed E-state index contributed by atoms with van der Waals surface area (Å²) in [6.07, 6.45) is 5.38. The number of amides is 2.